The first kappa shape index (κ1) is 24.6. The molecule has 1 amide bonds. The fourth-order valence-electron chi connectivity index (χ4n) is 4.27. The van der Waals surface area contributed by atoms with Crippen molar-refractivity contribution in [1.29, 1.82) is 0 Å². The molecule has 5 rings (SSSR count). The fraction of sp³-hybridized carbons (Fsp3) is 0.148. The molecule has 1 fully saturated rings. The van der Waals surface area contributed by atoms with Crippen molar-refractivity contribution in [3.8, 4) is 0 Å². The van der Waals surface area contributed by atoms with Gasteiger partial charge in [0.05, 0.1) is 10.7 Å². The Morgan fingerprint density at radius 1 is 1.08 bits per heavy atom. The number of nitrogens with one attached hydrogen (secondary N) is 1. The zero-order chi connectivity index (χ0) is 25.3. The van der Waals surface area contributed by atoms with Gasteiger partial charge in [-0.1, -0.05) is 35.9 Å². The Kier molecular flexibility index (Phi) is 6.92. The molecule has 0 spiro atoms. The lowest BCUT2D eigenvalue weighted by molar-refractivity contribution is -0.133. The third-order valence-corrected chi connectivity index (χ3v) is 8.48. The third-order valence-electron chi connectivity index (χ3n) is 6.03. The van der Waals surface area contributed by atoms with Crippen LogP contribution >= 0.6 is 34.7 Å². The average molecular weight is 541 g/mol. The van der Waals surface area contributed by atoms with Crippen molar-refractivity contribution < 1.29 is 18.4 Å². The summed E-state index contributed by atoms with van der Waals surface area (Å²) in [5, 5.41) is 6.35. The smallest absolute Gasteiger partial charge is 0.242 e. The first-order chi connectivity index (χ1) is 17.4. The van der Waals surface area contributed by atoms with Crippen LogP contribution in [-0.4, -0.2) is 21.9 Å². The molecule has 2 aromatic carbocycles. The minimum Gasteiger partial charge on any atom is -0.339 e. The van der Waals surface area contributed by atoms with Gasteiger partial charge < -0.3 is 5.32 Å². The average Bonchev–Trinajstić information content (AvgIpc) is 3.40. The molecule has 2 unspecified atom stereocenters. The minimum atomic E-state index is -1.16. The van der Waals surface area contributed by atoms with Gasteiger partial charge in [-0.15, -0.1) is 11.8 Å². The largest absolute Gasteiger partial charge is 0.339 e. The highest BCUT2D eigenvalue weighted by molar-refractivity contribution is 8.01. The predicted octanol–water partition coefficient (Wildman–Crippen LogP) is 6.16. The number of benzene rings is 2. The summed E-state index contributed by atoms with van der Waals surface area (Å²) in [6, 6.07) is 17.6. The molecular formula is C27H19ClF2N2O2S2. The molecule has 0 radical (unpaired) electrons. The van der Waals surface area contributed by atoms with Crippen molar-refractivity contribution in [1.82, 2.24) is 10.3 Å². The van der Waals surface area contributed by atoms with Gasteiger partial charge in [0.1, 0.15) is 22.4 Å². The number of pyridine rings is 1. The van der Waals surface area contributed by atoms with E-state index >= 15 is 0 Å². The van der Waals surface area contributed by atoms with Crippen LogP contribution < -0.4 is 5.32 Å². The second-order valence-corrected chi connectivity index (χ2v) is 10.7. The Labute approximate surface area is 219 Å². The number of carbonyl (C=O) groups excluding carboxylic acids is 2. The van der Waals surface area contributed by atoms with Gasteiger partial charge in [0.15, 0.2) is 5.78 Å². The molecule has 2 aromatic heterocycles. The zero-order valence-corrected chi connectivity index (χ0v) is 21.1. The van der Waals surface area contributed by atoms with Crippen molar-refractivity contribution in [2.45, 2.75) is 28.5 Å². The van der Waals surface area contributed by atoms with Crippen molar-refractivity contribution >= 4 is 46.4 Å². The molecule has 0 bridgehead atoms. The highest BCUT2D eigenvalue weighted by Gasteiger charge is 2.48. The number of ketones is 1. The molecule has 1 aliphatic rings. The van der Waals surface area contributed by atoms with Gasteiger partial charge in [0, 0.05) is 29.5 Å². The standard InChI is InChI=1S/C27H19ClF2N2O2S2/c28-20-5-1-2-6-23(20)36-25-22(33)14-27(32-26(25)34,17-10-11-35-15-17)24-7-3-4-19(31-24)12-16-8-9-18(29)13-21(16)30/h1-11,13,15,25H,12,14H2,(H,32,34). The third kappa shape index (κ3) is 4.81. The molecule has 3 heterocycles. The van der Waals surface area contributed by atoms with E-state index in [4.69, 9.17) is 16.6 Å². The lowest BCUT2D eigenvalue weighted by Gasteiger charge is -2.39. The van der Waals surface area contributed by atoms with E-state index in [1.165, 1.54) is 23.5 Å². The van der Waals surface area contributed by atoms with Gasteiger partial charge in [-0.3, -0.25) is 14.6 Å². The van der Waals surface area contributed by atoms with Crippen molar-refractivity contribution in [3.63, 3.8) is 0 Å². The molecule has 0 aliphatic carbocycles. The number of hydrogen-bond acceptors (Lipinski definition) is 5. The molecule has 4 nitrogen and oxygen atoms in total. The van der Waals surface area contributed by atoms with Crippen LogP contribution in [0.25, 0.3) is 0 Å². The van der Waals surface area contributed by atoms with E-state index in [1.54, 1.807) is 42.5 Å². The summed E-state index contributed by atoms with van der Waals surface area (Å²) in [6.45, 7) is 0. The quantitative estimate of drug-likeness (QED) is 0.298. The van der Waals surface area contributed by atoms with Gasteiger partial charge >= 0.3 is 0 Å². The summed E-state index contributed by atoms with van der Waals surface area (Å²) in [5.41, 5.74) is 0.882. The van der Waals surface area contributed by atoms with Crippen molar-refractivity contribution in [2.75, 3.05) is 0 Å². The molecule has 0 saturated carbocycles. The Bertz CT molecular complexity index is 1430. The lowest BCUT2D eigenvalue weighted by atomic mass is 9.79. The summed E-state index contributed by atoms with van der Waals surface area (Å²) in [5.74, 6) is -1.98. The number of thioether (sulfide) groups is 1. The first-order valence-corrected chi connectivity index (χ1v) is 13.2. The summed E-state index contributed by atoms with van der Waals surface area (Å²) in [7, 11) is 0. The molecule has 36 heavy (non-hydrogen) atoms. The molecule has 1 aliphatic heterocycles. The highest BCUT2D eigenvalue weighted by atomic mass is 35.5. The van der Waals surface area contributed by atoms with Gasteiger partial charge in [0.2, 0.25) is 5.91 Å². The second-order valence-electron chi connectivity index (χ2n) is 8.40. The SMILES string of the molecule is O=C1CC(c2ccsc2)(c2cccc(Cc3ccc(F)cc3F)n2)NC(=O)C1Sc1ccccc1Cl. The number of thiophene rings is 1. The number of carbonyl (C=O) groups is 2. The number of piperidine rings is 1. The zero-order valence-electron chi connectivity index (χ0n) is 18.7. The van der Waals surface area contributed by atoms with E-state index in [0.29, 0.717) is 26.9 Å². The number of Topliss-reactive ketones (excluding diaryl/α,β-unsaturated/α-hetero) is 1. The molecule has 1 saturated heterocycles. The number of aromatic nitrogens is 1. The van der Waals surface area contributed by atoms with E-state index in [2.05, 4.69) is 5.32 Å². The van der Waals surface area contributed by atoms with Gasteiger partial charge in [-0.2, -0.15) is 11.3 Å². The Morgan fingerprint density at radius 3 is 2.64 bits per heavy atom. The van der Waals surface area contributed by atoms with Crippen LogP contribution in [0.5, 0.6) is 0 Å². The van der Waals surface area contributed by atoms with E-state index in [1.807, 2.05) is 16.8 Å². The molecule has 2 atom stereocenters. The predicted molar refractivity (Wildman–Crippen MR) is 137 cm³/mol. The fourth-order valence-corrected chi connectivity index (χ4v) is 6.24. The number of halogens is 3. The van der Waals surface area contributed by atoms with Crippen LogP contribution in [0.15, 0.2) is 82.4 Å². The van der Waals surface area contributed by atoms with E-state index < -0.39 is 28.3 Å². The Balaban J connectivity index is 1.49. The Hall–Kier alpha value is -3.07. The maximum Gasteiger partial charge on any atom is 0.242 e. The maximum absolute atomic E-state index is 14.3. The lowest BCUT2D eigenvalue weighted by Crippen LogP contribution is -2.58. The monoisotopic (exact) mass is 540 g/mol. The molecular weight excluding hydrogens is 522 g/mol. The van der Waals surface area contributed by atoms with Crippen LogP contribution in [0.2, 0.25) is 5.02 Å². The van der Waals surface area contributed by atoms with Gasteiger partial charge in [-0.25, -0.2) is 8.78 Å². The molecule has 1 N–H and O–H groups in total. The second kappa shape index (κ2) is 10.1. The van der Waals surface area contributed by atoms with Crippen LogP contribution in [-0.2, 0) is 21.5 Å². The number of nitrogens with zero attached hydrogens (tertiary/aromatic N) is 1. The van der Waals surface area contributed by atoms with E-state index in [0.717, 1.165) is 23.4 Å². The van der Waals surface area contributed by atoms with Crippen LogP contribution in [0, 0.1) is 11.6 Å². The van der Waals surface area contributed by atoms with Crippen molar-refractivity contribution in [2.24, 2.45) is 0 Å². The number of rotatable bonds is 6. The summed E-state index contributed by atoms with van der Waals surface area (Å²) >= 11 is 8.83. The van der Waals surface area contributed by atoms with Gasteiger partial charge in [0.25, 0.3) is 0 Å². The van der Waals surface area contributed by atoms with E-state index in [9.17, 15) is 18.4 Å². The Morgan fingerprint density at radius 2 is 1.92 bits per heavy atom. The highest BCUT2D eigenvalue weighted by Crippen LogP contribution is 2.41. The molecule has 4 aromatic rings. The first-order valence-electron chi connectivity index (χ1n) is 11.0. The molecule has 9 heteroatoms. The molecule has 182 valence electrons. The summed E-state index contributed by atoms with van der Waals surface area (Å²) in [4.78, 5) is 32.1. The van der Waals surface area contributed by atoms with Crippen LogP contribution in [0.1, 0.15) is 28.9 Å². The van der Waals surface area contributed by atoms with Crippen LogP contribution in [0.3, 0.4) is 0 Å². The topological polar surface area (TPSA) is 59.1 Å². The minimum absolute atomic E-state index is 0.00104. The number of amides is 1. The maximum atomic E-state index is 14.3. The van der Waals surface area contributed by atoms with Crippen molar-refractivity contribution in [3.05, 3.63) is 117 Å². The summed E-state index contributed by atoms with van der Waals surface area (Å²) in [6.07, 6.45) is 0.130. The summed E-state index contributed by atoms with van der Waals surface area (Å²) < 4.78 is 27.6. The normalized spacial score (nSPS) is 19.8. The van der Waals surface area contributed by atoms with E-state index in [-0.39, 0.29) is 18.6 Å². The number of hydrogen-bond donors (Lipinski definition) is 1. The van der Waals surface area contributed by atoms with Crippen LogP contribution in [0.4, 0.5) is 8.78 Å². The van der Waals surface area contributed by atoms with Gasteiger partial charge in [-0.05, 0) is 58.3 Å².